The predicted octanol–water partition coefficient (Wildman–Crippen LogP) is 2.17. The fourth-order valence-corrected chi connectivity index (χ4v) is 2.20. The SMILES string of the molecule is N#Cc1ccc(Cl)cc1NC(=O)COC(=O)CNC(=O)c1cc(Cl)ccn1. The number of esters is 1. The van der Waals surface area contributed by atoms with E-state index in [0.29, 0.717) is 10.0 Å². The van der Waals surface area contributed by atoms with Crippen molar-refractivity contribution in [1.29, 1.82) is 5.26 Å². The van der Waals surface area contributed by atoms with Crippen LogP contribution in [0.15, 0.2) is 36.5 Å². The average Bonchev–Trinajstić information content (AvgIpc) is 2.64. The van der Waals surface area contributed by atoms with Crippen LogP contribution in [0.5, 0.6) is 0 Å². The highest BCUT2D eigenvalue weighted by Crippen LogP contribution is 2.20. The lowest BCUT2D eigenvalue weighted by atomic mass is 10.2. The number of carbonyl (C=O) groups excluding carboxylic acids is 3. The van der Waals surface area contributed by atoms with Crippen molar-refractivity contribution < 1.29 is 19.1 Å². The van der Waals surface area contributed by atoms with E-state index in [4.69, 9.17) is 33.2 Å². The third kappa shape index (κ3) is 6.26. The largest absolute Gasteiger partial charge is 0.454 e. The second kappa shape index (κ2) is 9.52. The van der Waals surface area contributed by atoms with E-state index in [2.05, 4.69) is 15.6 Å². The molecule has 138 valence electrons. The topological polar surface area (TPSA) is 121 Å². The first kappa shape index (κ1) is 20.2. The van der Waals surface area contributed by atoms with Gasteiger partial charge in [-0.3, -0.25) is 19.4 Å². The van der Waals surface area contributed by atoms with Gasteiger partial charge in [-0.15, -0.1) is 0 Å². The standard InChI is InChI=1S/C17H12Cl2N4O4/c18-11-2-1-10(7-20)13(5-11)23-15(24)9-27-16(25)8-22-17(26)14-6-12(19)3-4-21-14/h1-6H,8-9H2,(H,22,26)(H,23,24). The number of anilines is 1. The summed E-state index contributed by atoms with van der Waals surface area (Å²) in [6, 6.07) is 9.10. The summed E-state index contributed by atoms with van der Waals surface area (Å²) < 4.78 is 4.76. The van der Waals surface area contributed by atoms with Gasteiger partial charge in [0, 0.05) is 16.2 Å². The number of ether oxygens (including phenoxy) is 1. The lowest BCUT2D eigenvalue weighted by Gasteiger charge is -2.09. The Bertz CT molecular complexity index is 927. The molecule has 27 heavy (non-hydrogen) atoms. The van der Waals surface area contributed by atoms with E-state index in [0.717, 1.165) is 0 Å². The zero-order valence-corrected chi connectivity index (χ0v) is 15.2. The number of nitrogens with zero attached hydrogens (tertiary/aromatic N) is 2. The van der Waals surface area contributed by atoms with Crippen LogP contribution in [0.4, 0.5) is 5.69 Å². The lowest BCUT2D eigenvalue weighted by Crippen LogP contribution is -2.32. The van der Waals surface area contributed by atoms with Crippen LogP contribution in [0.2, 0.25) is 10.0 Å². The van der Waals surface area contributed by atoms with Gasteiger partial charge in [0.25, 0.3) is 11.8 Å². The Kier molecular flexibility index (Phi) is 7.11. The summed E-state index contributed by atoms with van der Waals surface area (Å²) in [6.07, 6.45) is 1.35. The molecule has 0 fully saturated rings. The molecule has 0 aliphatic carbocycles. The monoisotopic (exact) mass is 406 g/mol. The van der Waals surface area contributed by atoms with E-state index in [1.54, 1.807) is 0 Å². The zero-order chi connectivity index (χ0) is 19.8. The van der Waals surface area contributed by atoms with E-state index < -0.39 is 30.9 Å². The number of carbonyl (C=O) groups is 3. The Balaban J connectivity index is 1.80. The molecule has 0 aliphatic rings. The van der Waals surface area contributed by atoms with Gasteiger partial charge in [0.1, 0.15) is 18.3 Å². The van der Waals surface area contributed by atoms with Crippen LogP contribution in [-0.2, 0) is 14.3 Å². The minimum atomic E-state index is -0.827. The molecule has 8 nitrogen and oxygen atoms in total. The molecule has 2 N–H and O–H groups in total. The van der Waals surface area contributed by atoms with E-state index in [9.17, 15) is 14.4 Å². The molecule has 0 aliphatic heterocycles. The Labute approximate surface area is 164 Å². The lowest BCUT2D eigenvalue weighted by molar-refractivity contribution is -0.146. The van der Waals surface area contributed by atoms with Crippen LogP contribution < -0.4 is 10.6 Å². The van der Waals surface area contributed by atoms with Gasteiger partial charge in [-0.05, 0) is 30.3 Å². The van der Waals surface area contributed by atoms with Gasteiger partial charge in [0.2, 0.25) is 0 Å². The van der Waals surface area contributed by atoms with E-state index in [-0.39, 0.29) is 16.9 Å². The first-order valence-electron chi connectivity index (χ1n) is 7.44. The molecule has 0 saturated heterocycles. The summed E-state index contributed by atoms with van der Waals surface area (Å²) in [7, 11) is 0. The van der Waals surface area contributed by atoms with Crippen molar-refractivity contribution >= 4 is 46.7 Å². The molecule has 0 saturated carbocycles. The normalized spacial score (nSPS) is 9.81. The molecule has 2 aromatic rings. The highest BCUT2D eigenvalue weighted by Gasteiger charge is 2.13. The number of rotatable bonds is 6. The molecule has 0 radical (unpaired) electrons. The number of benzene rings is 1. The number of nitriles is 1. The van der Waals surface area contributed by atoms with Crippen molar-refractivity contribution in [2.45, 2.75) is 0 Å². The highest BCUT2D eigenvalue weighted by atomic mass is 35.5. The average molecular weight is 407 g/mol. The molecule has 2 rings (SSSR count). The second-order valence-corrected chi connectivity index (χ2v) is 5.93. The number of nitrogens with one attached hydrogen (secondary N) is 2. The third-order valence-corrected chi connectivity index (χ3v) is 3.56. The van der Waals surface area contributed by atoms with Gasteiger partial charge in [0.05, 0.1) is 11.3 Å². The van der Waals surface area contributed by atoms with Crippen molar-refractivity contribution in [2.75, 3.05) is 18.5 Å². The van der Waals surface area contributed by atoms with Crippen LogP contribution in [-0.4, -0.2) is 35.9 Å². The van der Waals surface area contributed by atoms with Gasteiger partial charge < -0.3 is 15.4 Å². The van der Waals surface area contributed by atoms with Gasteiger partial charge in [-0.1, -0.05) is 23.2 Å². The van der Waals surface area contributed by atoms with Crippen molar-refractivity contribution in [3.05, 3.63) is 57.8 Å². The molecule has 1 heterocycles. The molecule has 1 aromatic carbocycles. The van der Waals surface area contributed by atoms with Crippen LogP contribution in [0.25, 0.3) is 0 Å². The third-order valence-electron chi connectivity index (χ3n) is 3.09. The Morgan fingerprint density at radius 1 is 1.15 bits per heavy atom. The number of halogens is 2. The molecule has 0 spiro atoms. The molecule has 2 amide bonds. The van der Waals surface area contributed by atoms with Crippen LogP contribution in [0.1, 0.15) is 16.1 Å². The first-order valence-corrected chi connectivity index (χ1v) is 8.19. The van der Waals surface area contributed by atoms with Gasteiger partial charge >= 0.3 is 5.97 Å². The molecule has 1 aromatic heterocycles. The van der Waals surface area contributed by atoms with E-state index in [1.807, 2.05) is 6.07 Å². The number of hydrogen-bond acceptors (Lipinski definition) is 6. The minimum absolute atomic E-state index is 0.0398. The summed E-state index contributed by atoms with van der Waals surface area (Å²) in [5.41, 5.74) is 0.449. The number of aromatic nitrogens is 1. The zero-order valence-electron chi connectivity index (χ0n) is 13.7. The number of pyridine rings is 1. The number of amides is 2. The molecule has 0 unspecified atom stereocenters. The second-order valence-electron chi connectivity index (χ2n) is 5.05. The van der Waals surface area contributed by atoms with Gasteiger partial charge in [0.15, 0.2) is 6.61 Å². The molecular formula is C17H12Cl2N4O4. The minimum Gasteiger partial charge on any atom is -0.454 e. The Hall–Kier alpha value is -3.15. The van der Waals surface area contributed by atoms with Crippen LogP contribution in [0, 0.1) is 11.3 Å². The summed E-state index contributed by atoms with van der Waals surface area (Å²) in [5.74, 6) is -2.10. The van der Waals surface area contributed by atoms with E-state index in [1.165, 1.54) is 36.5 Å². The summed E-state index contributed by atoms with van der Waals surface area (Å²) in [4.78, 5) is 39.1. The fraction of sp³-hybridized carbons (Fsp3) is 0.118. The molecular weight excluding hydrogens is 395 g/mol. The van der Waals surface area contributed by atoms with Crippen LogP contribution >= 0.6 is 23.2 Å². The first-order chi connectivity index (χ1) is 12.9. The van der Waals surface area contributed by atoms with Crippen LogP contribution in [0.3, 0.4) is 0 Å². The smallest absolute Gasteiger partial charge is 0.325 e. The van der Waals surface area contributed by atoms with Crippen molar-refractivity contribution in [2.24, 2.45) is 0 Å². The highest BCUT2D eigenvalue weighted by molar-refractivity contribution is 6.31. The maximum absolute atomic E-state index is 11.8. The Morgan fingerprint density at radius 3 is 2.59 bits per heavy atom. The predicted molar refractivity (Wildman–Crippen MR) is 97.3 cm³/mol. The fourth-order valence-electron chi connectivity index (χ4n) is 1.87. The summed E-state index contributed by atoms with van der Waals surface area (Å²) in [5, 5.41) is 14.4. The maximum atomic E-state index is 11.8. The van der Waals surface area contributed by atoms with Gasteiger partial charge in [-0.2, -0.15) is 5.26 Å². The molecule has 10 heteroatoms. The molecule has 0 bridgehead atoms. The van der Waals surface area contributed by atoms with Gasteiger partial charge in [-0.25, -0.2) is 0 Å². The summed E-state index contributed by atoms with van der Waals surface area (Å²) >= 11 is 11.6. The Morgan fingerprint density at radius 2 is 1.89 bits per heavy atom. The van der Waals surface area contributed by atoms with Crippen molar-refractivity contribution in [3.63, 3.8) is 0 Å². The number of hydrogen-bond donors (Lipinski definition) is 2. The summed E-state index contributed by atoms with van der Waals surface area (Å²) in [6.45, 7) is -1.05. The maximum Gasteiger partial charge on any atom is 0.325 e. The van der Waals surface area contributed by atoms with Crippen molar-refractivity contribution in [3.8, 4) is 6.07 Å². The molecule has 0 atom stereocenters. The quantitative estimate of drug-likeness (QED) is 0.708. The van der Waals surface area contributed by atoms with E-state index >= 15 is 0 Å². The van der Waals surface area contributed by atoms with Crippen molar-refractivity contribution in [1.82, 2.24) is 10.3 Å².